The highest BCUT2D eigenvalue weighted by atomic mass is 32.2. The number of hydrogen-bond acceptors (Lipinski definition) is 3. The highest BCUT2D eigenvalue weighted by molar-refractivity contribution is 7.88. The number of benzene rings is 1. The lowest BCUT2D eigenvalue weighted by atomic mass is 9.95. The largest absolute Gasteiger partial charge is 0.478 e. The van der Waals surface area contributed by atoms with E-state index >= 15 is 0 Å². The summed E-state index contributed by atoms with van der Waals surface area (Å²) in [7, 11) is -3.44. The van der Waals surface area contributed by atoms with Gasteiger partial charge in [0.05, 0.1) is 11.3 Å². The average molecular weight is 309 g/mol. The first kappa shape index (κ1) is 15.7. The molecular formula is C15H19NO4S. The molecule has 6 heteroatoms. The first-order chi connectivity index (χ1) is 9.96. The quantitative estimate of drug-likeness (QED) is 0.789. The van der Waals surface area contributed by atoms with Gasteiger partial charge in [-0.25, -0.2) is 17.9 Å². The molecule has 0 radical (unpaired) electrons. The van der Waals surface area contributed by atoms with E-state index in [1.54, 1.807) is 12.1 Å². The summed E-state index contributed by atoms with van der Waals surface area (Å²) in [4.78, 5) is 10.9. The maximum atomic E-state index is 12.0. The fourth-order valence-corrected chi connectivity index (χ4v) is 3.56. The SMILES string of the molecule is O=C(O)c1cccc(CS(=O)(=O)NCC2CC=CCC2)c1. The number of aromatic carboxylic acids is 1. The fourth-order valence-electron chi connectivity index (χ4n) is 2.35. The van der Waals surface area contributed by atoms with E-state index in [9.17, 15) is 13.2 Å². The van der Waals surface area contributed by atoms with Crippen LogP contribution in [0.3, 0.4) is 0 Å². The van der Waals surface area contributed by atoms with E-state index in [4.69, 9.17) is 5.11 Å². The summed E-state index contributed by atoms with van der Waals surface area (Å²) in [6.07, 6.45) is 7.08. The van der Waals surface area contributed by atoms with Gasteiger partial charge in [0.2, 0.25) is 10.0 Å². The van der Waals surface area contributed by atoms with Gasteiger partial charge in [0.1, 0.15) is 0 Å². The van der Waals surface area contributed by atoms with Crippen LogP contribution in [-0.2, 0) is 15.8 Å². The molecule has 0 aromatic heterocycles. The predicted octanol–water partition coefficient (Wildman–Crippen LogP) is 2.16. The Morgan fingerprint density at radius 1 is 1.33 bits per heavy atom. The molecule has 2 rings (SSSR count). The van der Waals surface area contributed by atoms with Gasteiger partial charge in [-0.2, -0.15) is 0 Å². The topological polar surface area (TPSA) is 83.5 Å². The molecule has 2 N–H and O–H groups in total. The summed E-state index contributed by atoms with van der Waals surface area (Å²) in [6, 6.07) is 6.01. The Morgan fingerprint density at radius 2 is 2.14 bits per heavy atom. The van der Waals surface area contributed by atoms with Crippen LogP contribution in [0.1, 0.15) is 35.2 Å². The molecule has 1 aliphatic rings. The molecule has 0 heterocycles. The van der Waals surface area contributed by atoms with Crippen molar-refractivity contribution in [3.05, 3.63) is 47.5 Å². The molecule has 5 nitrogen and oxygen atoms in total. The summed E-state index contributed by atoms with van der Waals surface area (Å²) in [5.74, 6) is -0.914. The van der Waals surface area contributed by atoms with E-state index < -0.39 is 16.0 Å². The monoisotopic (exact) mass is 309 g/mol. The Balaban J connectivity index is 1.95. The molecule has 0 fully saturated rings. The summed E-state index contributed by atoms with van der Waals surface area (Å²) >= 11 is 0. The zero-order chi connectivity index (χ0) is 15.3. The van der Waals surface area contributed by atoms with E-state index in [1.807, 2.05) is 0 Å². The smallest absolute Gasteiger partial charge is 0.335 e. The maximum absolute atomic E-state index is 12.0. The lowest BCUT2D eigenvalue weighted by Gasteiger charge is -2.18. The molecule has 0 saturated heterocycles. The molecule has 0 amide bonds. The van der Waals surface area contributed by atoms with Gasteiger partial charge in [0, 0.05) is 6.54 Å². The number of carboxylic acid groups (broad SMARTS) is 1. The first-order valence-corrected chi connectivity index (χ1v) is 8.56. The van der Waals surface area contributed by atoms with Crippen molar-refractivity contribution < 1.29 is 18.3 Å². The van der Waals surface area contributed by atoms with E-state index in [1.165, 1.54) is 12.1 Å². The molecule has 0 saturated carbocycles. The van der Waals surface area contributed by atoms with Gasteiger partial charge in [0.25, 0.3) is 0 Å². The molecule has 1 aromatic carbocycles. The van der Waals surface area contributed by atoms with Crippen LogP contribution in [0.5, 0.6) is 0 Å². The van der Waals surface area contributed by atoms with Crippen LogP contribution in [0, 0.1) is 5.92 Å². The van der Waals surface area contributed by atoms with Crippen molar-refractivity contribution in [2.24, 2.45) is 5.92 Å². The highest BCUT2D eigenvalue weighted by Gasteiger charge is 2.16. The van der Waals surface area contributed by atoms with Crippen molar-refractivity contribution in [2.45, 2.75) is 25.0 Å². The van der Waals surface area contributed by atoms with Gasteiger partial charge in [-0.05, 0) is 42.9 Å². The maximum Gasteiger partial charge on any atom is 0.335 e. The number of hydrogen-bond donors (Lipinski definition) is 2. The van der Waals surface area contributed by atoms with Gasteiger partial charge < -0.3 is 5.11 Å². The van der Waals surface area contributed by atoms with Crippen molar-refractivity contribution in [3.8, 4) is 0 Å². The van der Waals surface area contributed by atoms with Crippen molar-refractivity contribution in [3.63, 3.8) is 0 Å². The van der Waals surface area contributed by atoms with Gasteiger partial charge in [-0.15, -0.1) is 0 Å². The number of rotatable bonds is 6. The molecule has 114 valence electrons. The van der Waals surface area contributed by atoms with Crippen LogP contribution in [0.2, 0.25) is 0 Å². The molecule has 1 aliphatic carbocycles. The minimum atomic E-state index is -3.44. The fraction of sp³-hybridized carbons (Fsp3) is 0.400. The lowest BCUT2D eigenvalue weighted by Crippen LogP contribution is -2.30. The molecule has 0 bridgehead atoms. The second-order valence-electron chi connectivity index (χ2n) is 5.26. The number of carbonyl (C=O) groups is 1. The summed E-state index contributed by atoms with van der Waals surface area (Å²) < 4.78 is 26.7. The van der Waals surface area contributed by atoms with Crippen molar-refractivity contribution in [1.29, 1.82) is 0 Å². The van der Waals surface area contributed by atoms with Crippen LogP contribution in [0.25, 0.3) is 0 Å². The van der Waals surface area contributed by atoms with E-state index in [-0.39, 0.29) is 11.3 Å². The normalized spacial score (nSPS) is 18.6. The van der Waals surface area contributed by atoms with Crippen LogP contribution >= 0.6 is 0 Å². The van der Waals surface area contributed by atoms with Crippen LogP contribution < -0.4 is 4.72 Å². The van der Waals surface area contributed by atoms with Crippen molar-refractivity contribution >= 4 is 16.0 Å². The molecule has 0 aliphatic heterocycles. The number of sulfonamides is 1. The average Bonchev–Trinajstić information content (AvgIpc) is 2.46. The number of carboxylic acids is 1. The zero-order valence-electron chi connectivity index (χ0n) is 11.7. The predicted molar refractivity (Wildman–Crippen MR) is 80.5 cm³/mol. The van der Waals surface area contributed by atoms with E-state index in [0.717, 1.165) is 19.3 Å². The Bertz CT molecular complexity index is 637. The summed E-state index contributed by atoms with van der Waals surface area (Å²) in [5, 5.41) is 8.91. The molecule has 1 aromatic rings. The standard InChI is InChI=1S/C15H19NO4S/c17-15(18)14-8-4-7-13(9-14)11-21(19,20)16-10-12-5-2-1-3-6-12/h1-2,4,7-9,12,16H,3,5-6,10-11H2,(H,17,18). The third-order valence-electron chi connectivity index (χ3n) is 3.50. The molecule has 0 spiro atoms. The summed E-state index contributed by atoms with van der Waals surface area (Å²) in [5.41, 5.74) is 0.575. The third-order valence-corrected chi connectivity index (χ3v) is 4.82. The minimum Gasteiger partial charge on any atom is -0.478 e. The van der Waals surface area contributed by atoms with Gasteiger partial charge in [0.15, 0.2) is 0 Å². The van der Waals surface area contributed by atoms with Gasteiger partial charge >= 0.3 is 5.97 Å². The van der Waals surface area contributed by atoms with E-state index in [2.05, 4.69) is 16.9 Å². The Labute approximate surface area is 124 Å². The number of allylic oxidation sites excluding steroid dienone is 2. The zero-order valence-corrected chi connectivity index (χ0v) is 12.5. The first-order valence-electron chi connectivity index (χ1n) is 6.91. The number of nitrogens with one attached hydrogen (secondary N) is 1. The highest BCUT2D eigenvalue weighted by Crippen LogP contribution is 2.17. The molecular weight excluding hydrogens is 290 g/mol. The second kappa shape index (κ2) is 6.87. The van der Waals surface area contributed by atoms with Crippen molar-refractivity contribution in [2.75, 3.05) is 6.54 Å². The summed E-state index contributed by atoms with van der Waals surface area (Å²) in [6.45, 7) is 0.436. The Morgan fingerprint density at radius 3 is 2.81 bits per heavy atom. The van der Waals surface area contributed by atoms with Crippen LogP contribution in [0.4, 0.5) is 0 Å². The molecule has 1 unspecified atom stereocenters. The van der Waals surface area contributed by atoms with Crippen LogP contribution in [0.15, 0.2) is 36.4 Å². The van der Waals surface area contributed by atoms with Gasteiger partial charge in [-0.3, -0.25) is 0 Å². The second-order valence-corrected chi connectivity index (χ2v) is 7.07. The Kier molecular flexibility index (Phi) is 5.14. The van der Waals surface area contributed by atoms with Crippen LogP contribution in [-0.4, -0.2) is 26.0 Å². The van der Waals surface area contributed by atoms with E-state index in [0.29, 0.717) is 18.0 Å². The molecule has 21 heavy (non-hydrogen) atoms. The van der Waals surface area contributed by atoms with Gasteiger partial charge in [-0.1, -0.05) is 24.3 Å². The molecule has 1 atom stereocenters. The van der Waals surface area contributed by atoms with Crippen molar-refractivity contribution in [1.82, 2.24) is 4.72 Å². The Hall–Kier alpha value is -1.66. The third kappa shape index (κ3) is 4.99. The minimum absolute atomic E-state index is 0.0973. The lowest BCUT2D eigenvalue weighted by molar-refractivity contribution is 0.0696.